The number of nitrogens with zero attached hydrogens (tertiary/aromatic N) is 2. The minimum absolute atomic E-state index is 0.153. The number of carbonyl (C=O) groups is 2. The fourth-order valence-corrected chi connectivity index (χ4v) is 2.76. The van der Waals surface area contributed by atoms with Gasteiger partial charge in [0, 0.05) is 16.1 Å². The number of carboxylic acids is 1. The predicted molar refractivity (Wildman–Crippen MR) is 86.0 cm³/mol. The van der Waals surface area contributed by atoms with E-state index in [0.717, 1.165) is 11.8 Å². The summed E-state index contributed by atoms with van der Waals surface area (Å²) in [4.78, 5) is 31.6. The maximum Gasteiger partial charge on any atom is 0.349 e. The van der Waals surface area contributed by atoms with Crippen molar-refractivity contribution < 1.29 is 24.3 Å². The fourth-order valence-electron chi connectivity index (χ4n) is 1.32. The van der Waals surface area contributed by atoms with Crippen molar-refractivity contribution in [3.63, 3.8) is 0 Å². The Balaban J connectivity index is 2.73. The van der Waals surface area contributed by atoms with Crippen molar-refractivity contribution in [1.29, 1.82) is 0 Å². The maximum atomic E-state index is 11.9. The molecule has 0 fully saturated rings. The summed E-state index contributed by atoms with van der Waals surface area (Å²) in [5.74, 6) is -1.55. The number of esters is 1. The largest absolute Gasteiger partial charge is 0.481 e. The lowest BCUT2D eigenvalue weighted by Gasteiger charge is -2.21. The Morgan fingerprint density at radius 1 is 1.55 bits per heavy atom. The summed E-state index contributed by atoms with van der Waals surface area (Å²) < 4.78 is 9.08. The Hall–Kier alpha value is -1.39. The molecule has 2 unspecified atom stereocenters. The number of rotatable bonds is 6. The van der Waals surface area contributed by atoms with E-state index in [1.807, 2.05) is 0 Å². The summed E-state index contributed by atoms with van der Waals surface area (Å²) in [6.07, 6.45) is 1.45. The van der Waals surface area contributed by atoms with Crippen molar-refractivity contribution in [2.75, 3.05) is 6.26 Å². The third-order valence-corrected chi connectivity index (χ3v) is 4.05. The van der Waals surface area contributed by atoms with Crippen molar-refractivity contribution in [3.8, 4) is 0 Å². The normalized spacial score (nSPS) is 19.5. The smallest absolute Gasteiger partial charge is 0.349 e. The molecule has 0 aliphatic carbocycles. The van der Waals surface area contributed by atoms with Crippen LogP contribution >= 0.6 is 11.8 Å². The highest BCUT2D eigenvalue weighted by Crippen LogP contribution is 2.19. The first kappa shape index (κ1) is 18.7. The zero-order valence-electron chi connectivity index (χ0n) is 12.7. The van der Waals surface area contributed by atoms with Gasteiger partial charge in [-0.05, 0) is 27.0 Å². The third kappa shape index (κ3) is 6.16. The standard InChI is InChI=1S/C12H19N3O5S2/c1-12(2,3)19-9(18)10(21-4)20-15-22-6-7(5-8(16)17)14-11(22)13/h6,10H,5H2,1-4H3,(H2,13,14)(H,16,17). The lowest BCUT2D eigenvalue weighted by Crippen LogP contribution is -2.31. The van der Waals surface area contributed by atoms with Gasteiger partial charge in [-0.1, -0.05) is 4.53 Å². The SMILES string of the molecule is CSC(O/N=S1/C=C(CC(=O)O)N=C1N)C(=O)OC(C)(C)C. The molecule has 22 heavy (non-hydrogen) atoms. The lowest BCUT2D eigenvalue weighted by atomic mass is 10.2. The molecule has 0 saturated heterocycles. The molecule has 0 amide bonds. The van der Waals surface area contributed by atoms with E-state index >= 15 is 0 Å². The molecule has 1 aliphatic heterocycles. The molecular formula is C12H19N3O5S2. The zero-order chi connectivity index (χ0) is 16.9. The summed E-state index contributed by atoms with van der Waals surface area (Å²) in [7, 11) is -0.996. The monoisotopic (exact) mass is 349 g/mol. The van der Waals surface area contributed by atoms with Gasteiger partial charge >= 0.3 is 11.9 Å². The highest BCUT2D eigenvalue weighted by Gasteiger charge is 2.26. The van der Waals surface area contributed by atoms with Gasteiger partial charge in [0.15, 0.2) is 5.17 Å². The van der Waals surface area contributed by atoms with E-state index in [9.17, 15) is 9.59 Å². The number of carboxylic acid groups (broad SMARTS) is 1. The number of amidine groups is 1. The van der Waals surface area contributed by atoms with Crippen LogP contribution in [0.15, 0.2) is 20.6 Å². The number of carbonyl (C=O) groups excluding carboxylic acids is 1. The number of thioether (sulfide) groups is 1. The van der Waals surface area contributed by atoms with Crippen LogP contribution in [0.2, 0.25) is 0 Å². The fraction of sp³-hybridized carbons (Fsp3) is 0.583. The quantitative estimate of drug-likeness (QED) is 0.422. The predicted octanol–water partition coefficient (Wildman–Crippen LogP) is 1.40. The Labute approximate surface area is 135 Å². The van der Waals surface area contributed by atoms with Crippen LogP contribution in [0.25, 0.3) is 0 Å². The number of hydrogen-bond acceptors (Lipinski definition) is 8. The van der Waals surface area contributed by atoms with E-state index < -0.39 is 33.7 Å². The van der Waals surface area contributed by atoms with Gasteiger partial charge in [0.05, 0.1) is 12.1 Å². The highest BCUT2D eigenvalue weighted by molar-refractivity contribution is 8.05. The van der Waals surface area contributed by atoms with Gasteiger partial charge in [-0.2, -0.15) is 0 Å². The number of aliphatic imine (C=N–C) groups is 1. The van der Waals surface area contributed by atoms with Crippen LogP contribution in [0.4, 0.5) is 0 Å². The molecule has 1 rings (SSSR count). The van der Waals surface area contributed by atoms with Gasteiger partial charge in [-0.3, -0.25) is 4.79 Å². The topological polar surface area (TPSA) is 124 Å². The van der Waals surface area contributed by atoms with Crippen molar-refractivity contribution in [3.05, 3.63) is 11.1 Å². The molecule has 0 aromatic rings. The molecule has 0 radical (unpaired) electrons. The van der Waals surface area contributed by atoms with Gasteiger partial charge in [0.1, 0.15) is 5.60 Å². The van der Waals surface area contributed by atoms with Crippen LogP contribution in [-0.2, 0) is 29.9 Å². The molecule has 10 heteroatoms. The van der Waals surface area contributed by atoms with Gasteiger partial charge in [0.2, 0.25) is 5.44 Å². The molecule has 0 bridgehead atoms. The minimum Gasteiger partial charge on any atom is -0.481 e. The van der Waals surface area contributed by atoms with Gasteiger partial charge < -0.3 is 15.6 Å². The minimum atomic E-state index is -1.01. The molecular weight excluding hydrogens is 330 g/mol. The number of nitrogens with two attached hydrogens (primary N) is 1. The van der Waals surface area contributed by atoms with Crippen LogP contribution in [0, 0.1) is 0 Å². The Kier molecular flexibility index (Phi) is 6.57. The molecule has 2 atom stereocenters. The van der Waals surface area contributed by atoms with E-state index in [1.165, 1.54) is 5.41 Å². The Bertz CT molecular complexity index is 551. The summed E-state index contributed by atoms with van der Waals surface area (Å²) in [5.41, 5.74) is 4.44. The van der Waals surface area contributed by atoms with Gasteiger partial charge in [0.25, 0.3) is 0 Å². The summed E-state index contributed by atoms with van der Waals surface area (Å²) in [6, 6.07) is 0. The van der Waals surface area contributed by atoms with E-state index in [1.54, 1.807) is 27.0 Å². The van der Waals surface area contributed by atoms with Crippen molar-refractivity contribution in [2.45, 2.75) is 38.2 Å². The van der Waals surface area contributed by atoms with Crippen molar-refractivity contribution in [2.24, 2.45) is 15.3 Å². The summed E-state index contributed by atoms with van der Waals surface area (Å²) in [5, 5.41) is 10.4. The van der Waals surface area contributed by atoms with E-state index in [0.29, 0.717) is 5.70 Å². The van der Waals surface area contributed by atoms with Crippen LogP contribution in [0.1, 0.15) is 27.2 Å². The van der Waals surface area contributed by atoms with Crippen LogP contribution in [-0.4, -0.2) is 39.5 Å². The third-order valence-electron chi connectivity index (χ3n) is 2.08. The first-order valence-electron chi connectivity index (χ1n) is 6.25. The Morgan fingerprint density at radius 3 is 2.68 bits per heavy atom. The van der Waals surface area contributed by atoms with Crippen LogP contribution in [0.3, 0.4) is 0 Å². The average molecular weight is 349 g/mol. The molecule has 3 N–H and O–H groups in total. The average Bonchev–Trinajstić information content (AvgIpc) is 2.67. The highest BCUT2D eigenvalue weighted by atomic mass is 32.2. The zero-order valence-corrected chi connectivity index (χ0v) is 14.4. The van der Waals surface area contributed by atoms with Crippen LogP contribution < -0.4 is 5.73 Å². The lowest BCUT2D eigenvalue weighted by molar-refractivity contribution is -0.162. The van der Waals surface area contributed by atoms with Crippen molar-refractivity contribution in [1.82, 2.24) is 0 Å². The maximum absolute atomic E-state index is 11.9. The molecule has 1 heterocycles. The van der Waals surface area contributed by atoms with E-state index in [4.69, 9.17) is 20.4 Å². The molecule has 0 spiro atoms. The van der Waals surface area contributed by atoms with E-state index in [2.05, 4.69) is 9.52 Å². The molecule has 0 aromatic heterocycles. The molecule has 1 aliphatic rings. The molecule has 124 valence electrons. The van der Waals surface area contributed by atoms with Crippen LogP contribution in [0.5, 0.6) is 0 Å². The second kappa shape index (κ2) is 7.75. The first-order valence-corrected chi connectivity index (χ1v) is 8.78. The summed E-state index contributed by atoms with van der Waals surface area (Å²) >= 11 is 1.13. The molecule has 0 saturated carbocycles. The Morgan fingerprint density at radius 2 is 2.18 bits per heavy atom. The number of aliphatic carboxylic acids is 1. The van der Waals surface area contributed by atoms with Gasteiger partial charge in [-0.25, -0.2) is 14.6 Å². The summed E-state index contributed by atoms with van der Waals surface area (Å²) in [6.45, 7) is 5.26. The second-order valence-corrected chi connectivity index (χ2v) is 7.56. The molecule has 8 nitrogen and oxygen atoms in total. The van der Waals surface area contributed by atoms with Gasteiger partial charge in [-0.15, -0.1) is 11.8 Å². The number of hydrogen-bond donors (Lipinski definition) is 2. The number of ether oxygens (including phenoxy) is 1. The van der Waals surface area contributed by atoms with E-state index in [-0.39, 0.29) is 11.6 Å². The first-order chi connectivity index (χ1) is 10.1. The second-order valence-electron chi connectivity index (χ2n) is 5.23. The van der Waals surface area contributed by atoms with Crippen molar-refractivity contribution >= 4 is 39.6 Å². The molecule has 0 aromatic carbocycles.